The van der Waals surface area contributed by atoms with Crippen molar-refractivity contribution in [3.8, 4) is 0 Å². The number of aryl methyl sites for hydroxylation is 1. The highest BCUT2D eigenvalue weighted by molar-refractivity contribution is 7.15. The Morgan fingerprint density at radius 1 is 1.07 bits per heavy atom. The van der Waals surface area contributed by atoms with E-state index in [0.717, 1.165) is 86.1 Å². The molecule has 0 amide bonds. The average molecular weight is 589 g/mol. The molecule has 1 unspecified atom stereocenters. The number of thiazole rings is 1. The lowest BCUT2D eigenvalue weighted by Gasteiger charge is -2.39. The summed E-state index contributed by atoms with van der Waals surface area (Å²) >= 11 is 1.68. The molecule has 2 aromatic heterocycles. The Morgan fingerprint density at radius 2 is 1.83 bits per heavy atom. The molecule has 9 heteroatoms. The summed E-state index contributed by atoms with van der Waals surface area (Å²) in [4.78, 5) is 27.0. The van der Waals surface area contributed by atoms with Crippen LogP contribution in [0, 0.1) is 0 Å². The minimum absolute atomic E-state index is 0.333. The molecular formula is C33H44N6O2S. The molecule has 0 radical (unpaired) electrons. The Kier molecular flexibility index (Phi) is 8.18. The van der Waals surface area contributed by atoms with Crippen molar-refractivity contribution in [1.29, 1.82) is 0 Å². The third-order valence-electron chi connectivity index (χ3n) is 8.63. The number of nitrogen functional groups attached to an aromatic ring is 1. The van der Waals surface area contributed by atoms with Gasteiger partial charge in [-0.15, -0.1) is 11.3 Å². The predicted molar refractivity (Wildman–Crippen MR) is 174 cm³/mol. The van der Waals surface area contributed by atoms with Gasteiger partial charge in [0.05, 0.1) is 16.7 Å². The van der Waals surface area contributed by atoms with Gasteiger partial charge in [0.1, 0.15) is 5.60 Å². The smallest absolute Gasteiger partial charge is 0.419 e. The normalized spacial score (nSPS) is 18.2. The van der Waals surface area contributed by atoms with Gasteiger partial charge < -0.3 is 15.4 Å². The zero-order chi connectivity index (χ0) is 29.4. The van der Waals surface area contributed by atoms with Gasteiger partial charge in [-0.05, 0) is 71.2 Å². The van der Waals surface area contributed by atoms with Crippen LogP contribution in [0.25, 0.3) is 21.8 Å². The number of fused-ring (bicyclic) bond motifs is 4. The predicted octanol–water partition coefficient (Wildman–Crippen LogP) is 6.01. The Morgan fingerprint density at radius 3 is 2.60 bits per heavy atom. The summed E-state index contributed by atoms with van der Waals surface area (Å²) in [5.74, 6) is 0. The minimum Gasteiger partial charge on any atom is -0.443 e. The van der Waals surface area contributed by atoms with Crippen molar-refractivity contribution in [2.45, 2.75) is 65.0 Å². The van der Waals surface area contributed by atoms with Crippen LogP contribution >= 0.6 is 11.3 Å². The van der Waals surface area contributed by atoms with Gasteiger partial charge in [0, 0.05) is 66.6 Å². The number of hydrogen-bond acceptors (Lipinski definition) is 8. The van der Waals surface area contributed by atoms with Crippen LogP contribution in [0.15, 0.2) is 42.5 Å². The molecule has 0 saturated carbocycles. The molecule has 2 N–H and O–H groups in total. The first-order valence-corrected chi connectivity index (χ1v) is 16.2. The number of aromatic nitrogens is 2. The molecule has 4 aromatic rings. The maximum absolute atomic E-state index is 13.3. The Hall–Kier alpha value is -3.14. The van der Waals surface area contributed by atoms with E-state index in [1.807, 2.05) is 39.0 Å². The van der Waals surface area contributed by atoms with Crippen LogP contribution < -0.4 is 10.6 Å². The zero-order valence-electron chi connectivity index (χ0n) is 25.4. The van der Waals surface area contributed by atoms with Gasteiger partial charge in [-0.1, -0.05) is 31.2 Å². The number of anilines is 2. The van der Waals surface area contributed by atoms with Gasteiger partial charge in [0.15, 0.2) is 5.13 Å². The van der Waals surface area contributed by atoms with E-state index in [1.165, 1.54) is 23.4 Å². The standard InChI is InChI=1S/C33H44N6O2S/c1-5-14-37(24-11-13-27-30(22-24)42-31(34)35-27)18-15-36-16-19-38(20-17-36)23-10-12-26-25-8-6-7-9-28(25)39(29(26)21-23)32(40)41-33(2,3)4/h6-10,12,21,24H,5,11,13-20,22H2,1-4H3,(H2,34,35). The molecule has 3 heterocycles. The van der Waals surface area contributed by atoms with Crippen LogP contribution in [0.3, 0.4) is 0 Å². The second-order valence-electron chi connectivity index (χ2n) is 12.7. The summed E-state index contributed by atoms with van der Waals surface area (Å²) in [7, 11) is 0. The van der Waals surface area contributed by atoms with Gasteiger partial charge >= 0.3 is 6.09 Å². The van der Waals surface area contributed by atoms with Gasteiger partial charge in [0.2, 0.25) is 0 Å². The van der Waals surface area contributed by atoms with Crippen LogP contribution in [0.1, 0.15) is 51.1 Å². The molecule has 6 rings (SSSR count). The number of nitrogens with two attached hydrogens (primary N) is 1. The molecule has 1 atom stereocenters. The van der Waals surface area contributed by atoms with E-state index < -0.39 is 5.60 Å². The maximum atomic E-state index is 13.3. The first-order chi connectivity index (χ1) is 20.2. The highest BCUT2D eigenvalue weighted by atomic mass is 32.1. The van der Waals surface area contributed by atoms with E-state index >= 15 is 0 Å². The lowest BCUT2D eigenvalue weighted by Crippen LogP contribution is -2.50. The second kappa shape index (κ2) is 11.9. The Labute approximate surface area is 253 Å². The fraction of sp³-hybridized carbons (Fsp3) is 0.515. The van der Waals surface area contributed by atoms with E-state index in [0.29, 0.717) is 11.2 Å². The van der Waals surface area contributed by atoms with Gasteiger partial charge in [-0.25, -0.2) is 14.3 Å². The maximum Gasteiger partial charge on any atom is 0.419 e. The van der Waals surface area contributed by atoms with Crippen molar-refractivity contribution < 1.29 is 9.53 Å². The molecule has 1 aliphatic carbocycles. The fourth-order valence-electron chi connectivity index (χ4n) is 6.61. The van der Waals surface area contributed by atoms with E-state index in [9.17, 15) is 4.79 Å². The van der Waals surface area contributed by atoms with E-state index in [4.69, 9.17) is 10.5 Å². The number of para-hydroxylation sites is 1. The Bertz CT molecular complexity index is 1560. The number of carbonyl (C=O) groups excluding carboxylic acids is 1. The molecule has 1 aliphatic heterocycles. The van der Waals surface area contributed by atoms with Gasteiger partial charge in [-0.2, -0.15) is 0 Å². The number of ether oxygens (including phenoxy) is 1. The van der Waals surface area contributed by atoms with E-state index in [-0.39, 0.29) is 6.09 Å². The molecular weight excluding hydrogens is 544 g/mol. The van der Waals surface area contributed by atoms with Crippen molar-refractivity contribution in [2.24, 2.45) is 0 Å². The molecule has 0 bridgehead atoms. The SMILES string of the molecule is CCCN(CCN1CCN(c2ccc3c4ccccc4n(C(=O)OC(C)(C)C)c3c2)CC1)C1CCc2nc(N)sc2C1. The molecule has 1 saturated heterocycles. The molecule has 8 nitrogen and oxygen atoms in total. The zero-order valence-corrected chi connectivity index (χ0v) is 26.3. The third kappa shape index (κ3) is 6.00. The number of piperazine rings is 1. The second-order valence-corrected chi connectivity index (χ2v) is 13.8. The van der Waals surface area contributed by atoms with Gasteiger partial charge in [-0.3, -0.25) is 9.80 Å². The molecule has 224 valence electrons. The largest absolute Gasteiger partial charge is 0.443 e. The summed E-state index contributed by atoms with van der Waals surface area (Å²) in [5, 5.41) is 2.86. The summed E-state index contributed by atoms with van der Waals surface area (Å²) in [5.41, 5.74) is 9.60. The first-order valence-electron chi connectivity index (χ1n) is 15.4. The minimum atomic E-state index is -0.565. The van der Waals surface area contributed by atoms with Crippen LogP contribution in [0.2, 0.25) is 0 Å². The average Bonchev–Trinajstić information content (AvgIpc) is 3.50. The highest BCUT2D eigenvalue weighted by Gasteiger charge is 2.28. The molecule has 1 fully saturated rings. The quantitative estimate of drug-likeness (QED) is 0.283. The Balaban J connectivity index is 1.12. The van der Waals surface area contributed by atoms with Crippen molar-refractivity contribution in [1.82, 2.24) is 19.4 Å². The molecule has 2 aromatic carbocycles. The van der Waals surface area contributed by atoms with Crippen LogP contribution in [0.5, 0.6) is 0 Å². The molecule has 0 spiro atoms. The molecule has 2 aliphatic rings. The van der Waals surface area contributed by atoms with Crippen LogP contribution in [-0.4, -0.2) is 82.9 Å². The number of hydrogen-bond donors (Lipinski definition) is 1. The highest BCUT2D eigenvalue weighted by Crippen LogP contribution is 2.33. The van der Waals surface area contributed by atoms with Crippen molar-refractivity contribution >= 4 is 50.1 Å². The summed E-state index contributed by atoms with van der Waals surface area (Å²) < 4.78 is 7.56. The van der Waals surface area contributed by atoms with Crippen LogP contribution in [0.4, 0.5) is 15.6 Å². The summed E-state index contributed by atoms with van der Waals surface area (Å²) in [6, 6.07) is 15.2. The topological polar surface area (TPSA) is 79.9 Å². The van der Waals surface area contributed by atoms with E-state index in [1.54, 1.807) is 15.9 Å². The lowest BCUT2D eigenvalue weighted by atomic mass is 9.96. The fourth-order valence-corrected chi connectivity index (χ4v) is 7.56. The monoisotopic (exact) mass is 588 g/mol. The third-order valence-corrected chi connectivity index (χ3v) is 9.58. The molecule has 42 heavy (non-hydrogen) atoms. The van der Waals surface area contributed by atoms with E-state index in [2.05, 4.69) is 50.9 Å². The first kappa shape index (κ1) is 29.0. The summed E-state index contributed by atoms with van der Waals surface area (Å²) in [6.45, 7) is 15.4. The summed E-state index contributed by atoms with van der Waals surface area (Å²) in [6.07, 6.45) is 4.14. The van der Waals surface area contributed by atoms with Crippen molar-refractivity contribution in [2.75, 3.05) is 56.4 Å². The van der Waals surface area contributed by atoms with Gasteiger partial charge in [0.25, 0.3) is 0 Å². The number of nitrogens with zero attached hydrogens (tertiary/aromatic N) is 5. The lowest BCUT2D eigenvalue weighted by molar-refractivity contribution is 0.0551. The van der Waals surface area contributed by atoms with Crippen molar-refractivity contribution in [3.05, 3.63) is 53.0 Å². The number of rotatable bonds is 7. The van der Waals surface area contributed by atoms with Crippen LogP contribution in [-0.2, 0) is 17.6 Å². The number of carbonyl (C=O) groups is 1. The van der Waals surface area contributed by atoms with Crippen molar-refractivity contribution in [3.63, 3.8) is 0 Å². The number of benzene rings is 2.